The maximum absolute atomic E-state index is 5.60. The van der Waals surface area contributed by atoms with Crippen molar-refractivity contribution in [2.45, 2.75) is 30.8 Å². The Labute approximate surface area is 183 Å². The lowest BCUT2D eigenvalue weighted by atomic mass is 10.0. The summed E-state index contributed by atoms with van der Waals surface area (Å²) in [6, 6.07) is 17.6. The van der Waals surface area contributed by atoms with Crippen LogP contribution >= 0.6 is 0 Å². The molecule has 4 heterocycles. The van der Waals surface area contributed by atoms with Gasteiger partial charge >= 0.3 is 0 Å². The first-order valence-corrected chi connectivity index (χ1v) is 11.4. The summed E-state index contributed by atoms with van der Waals surface area (Å²) in [4.78, 5) is 4.94. The molecular formula is C25H30N2O4. The minimum atomic E-state index is 0.330. The molecule has 0 aromatic heterocycles. The third-order valence-corrected chi connectivity index (χ3v) is 6.28. The Morgan fingerprint density at radius 3 is 1.55 bits per heavy atom. The van der Waals surface area contributed by atoms with Gasteiger partial charge in [0, 0.05) is 26.2 Å². The van der Waals surface area contributed by atoms with Crippen LogP contribution < -0.4 is 9.80 Å². The molecule has 0 N–H and O–H groups in total. The van der Waals surface area contributed by atoms with E-state index in [1.54, 1.807) is 0 Å². The van der Waals surface area contributed by atoms with Crippen LogP contribution in [0.2, 0.25) is 0 Å². The van der Waals surface area contributed by atoms with Crippen molar-refractivity contribution < 1.29 is 18.9 Å². The molecule has 0 amide bonds. The smallest absolute Gasteiger partial charge is 0.0984 e. The van der Waals surface area contributed by atoms with Crippen LogP contribution in [-0.2, 0) is 25.4 Å². The van der Waals surface area contributed by atoms with Gasteiger partial charge in [-0.3, -0.25) is 0 Å². The van der Waals surface area contributed by atoms with E-state index in [1.807, 2.05) is 0 Å². The van der Waals surface area contributed by atoms with Crippen molar-refractivity contribution in [1.82, 2.24) is 0 Å². The minimum absolute atomic E-state index is 0.330. The fourth-order valence-corrected chi connectivity index (χ4v) is 4.25. The van der Waals surface area contributed by atoms with Gasteiger partial charge in [0.15, 0.2) is 0 Å². The fourth-order valence-electron chi connectivity index (χ4n) is 4.25. The van der Waals surface area contributed by atoms with Gasteiger partial charge in [0.2, 0.25) is 0 Å². The molecular weight excluding hydrogens is 392 g/mol. The van der Waals surface area contributed by atoms with E-state index >= 15 is 0 Å². The van der Waals surface area contributed by atoms with E-state index in [4.69, 9.17) is 18.9 Å². The number of ether oxygens (including phenoxy) is 4. The number of hydrogen-bond donors (Lipinski definition) is 0. The van der Waals surface area contributed by atoms with E-state index in [1.165, 1.54) is 22.5 Å². The van der Waals surface area contributed by atoms with Crippen molar-refractivity contribution in [2.75, 3.05) is 62.4 Å². The zero-order chi connectivity index (χ0) is 20.6. The van der Waals surface area contributed by atoms with Gasteiger partial charge in [-0.15, -0.1) is 0 Å². The molecule has 164 valence electrons. The summed E-state index contributed by atoms with van der Waals surface area (Å²) < 4.78 is 22.4. The lowest BCUT2D eigenvalue weighted by molar-refractivity contribution is 0.386. The highest BCUT2D eigenvalue weighted by atomic mass is 16.6. The van der Waals surface area contributed by atoms with Crippen molar-refractivity contribution in [3.05, 3.63) is 59.7 Å². The van der Waals surface area contributed by atoms with Gasteiger partial charge in [-0.25, -0.2) is 0 Å². The van der Waals surface area contributed by atoms with Crippen molar-refractivity contribution in [1.29, 1.82) is 0 Å². The summed E-state index contributed by atoms with van der Waals surface area (Å²) in [5.41, 5.74) is 5.21. The molecule has 6 heteroatoms. The van der Waals surface area contributed by atoms with Gasteiger partial charge in [0.05, 0.1) is 62.2 Å². The maximum Gasteiger partial charge on any atom is 0.0984 e. The quantitative estimate of drug-likeness (QED) is 0.490. The van der Waals surface area contributed by atoms with Crippen LogP contribution in [0.3, 0.4) is 0 Å². The summed E-state index contributed by atoms with van der Waals surface area (Å²) in [7, 11) is 0. The van der Waals surface area contributed by atoms with Crippen LogP contribution in [0.25, 0.3) is 0 Å². The third-order valence-electron chi connectivity index (χ3n) is 6.28. The molecule has 4 unspecified atom stereocenters. The Morgan fingerprint density at radius 2 is 1.06 bits per heavy atom. The van der Waals surface area contributed by atoms with E-state index < -0.39 is 0 Å². The molecule has 31 heavy (non-hydrogen) atoms. The molecule has 0 radical (unpaired) electrons. The van der Waals surface area contributed by atoms with Crippen molar-refractivity contribution in [3.63, 3.8) is 0 Å². The predicted octanol–water partition coefficient (Wildman–Crippen LogP) is 2.49. The van der Waals surface area contributed by atoms with Crippen LogP contribution in [0.5, 0.6) is 0 Å². The van der Waals surface area contributed by atoms with Gasteiger partial charge in [-0.05, 0) is 29.7 Å². The largest absolute Gasteiger partial charge is 0.371 e. The molecule has 4 fully saturated rings. The second-order valence-electron chi connectivity index (χ2n) is 9.12. The Hall–Kier alpha value is -2.12. The lowest BCUT2D eigenvalue weighted by Crippen LogP contribution is -2.36. The molecule has 4 aliphatic heterocycles. The van der Waals surface area contributed by atoms with Crippen molar-refractivity contribution >= 4 is 11.4 Å². The number of benzene rings is 2. The predicted molar refractivity (Wildman–Crippen MR) is 119 cm³/mol. The zero-order valence-corrected chi connectivity index (χ0v) is 17.8. The monoisotopic (exact) mass is 422 g/mol. The molecule has 0 spiro atoms. The second-order valence-corrected chi connectivity index (χ2v) is 9.12. The molecule has 6 nitrogen and oxygen atoms in total. The molecule has 6 rings (SSSR count). The molecule has 0 bridgehead atoms. The van der Waals surface area contributed by atoms with Gasteiger partial charge in [-0.2, -0.15) is 0 Å². The van der Waals surface area contributed by atoms with E-state index in [2.05, 4.69) is 58.3 Å². The average molecular weight is 423 g/mol. The third kappa shape index (κ3) is 5.39. The van der Waals surface area contributed by atoms with Crippen LogP contribution in [0, 0.1) is 0 Å². The Bertz CT molecular complexity index is 864. The number of anilines is 2. The Balaban J connectivity index is 1.33. The van der Waals surface area contributed by atoms with Gasteiger partial charge in [0.25, 0.3) is 0 Å². The van der Waals surface area contributed by atoms with Gasteiger partial charge in [-0.1, -0.05) is 36.4 Å². The first kappa shape index (κ1) is 19.6. The topological polar surface area (TPSA) is 56.6 Å². The molecule has 4 aliphatic rings. The van der Waals surface area contributed by atoms with Crippen LogP contribution in [0.15, 0.2) is 48.5 Å². The van der Waals surface area contributed by atoms with E-state index in [0.29, 0.717) is 24.4 Å². The highest BCUT2D eigenvalue weighted by molar-refractivity contribution is 5.73. The van der Waals surface area contributed by atoms with Crippen LogP contribution in [0.1, 0.15) is 11.1 Å². The summed E-state index contributed by atoms with van der Waals surface area (Å²) in [6.07, 6.45) is 2.26. The van der Waals surface area contributed by atoms with E-state index in [0.717, 1.165) is 59.0 Å². The Morgan fingerprint density at radius 1 is 0.581 bits per heavy atom. The SMILES string of the molecule is c1ccc(Cc2ccc(N(CC3CO3)CC3CO3)c(N(CC3CO3)CC3CO3)c2)cc1. The van der Waals surface area contributed by atoms with Crippen molar-refractivity contribution in [3.8, 4) is 0 Å². The van der Waals surface area contributed by atoms with E-state index in [9.17, 15) is 0 Å². The highest BCUT2D eigenvalue weighted by Gasteiger charge is 2.35. The normalized spacial score (nSPS) is 27.6. The molecule has 4 saturated heterocycles. The highest BCUT2D eigenvalue weighted by Crippen LogP contribution is 2.35. The molecule has 0 saturated carbocycles. The van der Waals surface area contributed by atoms with Crippen LogP contribution in [-0.4, -0.2) is 77.0 Å². The molecule has 4 atom stereocenters. The summed E-state index contributed by atoms with van der Waals surface area (Å²) in [5, 5.41) is 0. The van der Waals surface area contributed by atoms with Gasteiger partial charge < -0.3 is 28.7 Å². The number of hydrogen-bond acceptors (Lipinski definition) is 6. The first-order chi connectivity index (χ1) is 15.3. The second kappa shape index (κ2) is 8.43. The number of epoxide rings is 4. The first-order valence-electron chi connectivity index (χ1n) is 11.4. The standard InChI is InChI=1S/C25H30N2O4/c1-2-4-18(5-3-1)8-19-6-7-24(26(10-20-14-28-20)11-21-15-29-21)25(9-19)27(12-22-16-30-22)13-23-17-31-23/h1-7,9,20-23H,8,10-17H2. The fraction of sp³-hybridized carbons (Fsp3) is 0.520. The number of rotatable bonds is 12. The molecule has 0 aliphatic carbocycles. The summed E-state index contributed by atoms with van der Waals surface area (Å²) in [5.74, 6) is 0. The number of nitrogens with zero attached hydrogens (tertiary/aromatic N) is 2. The lowest BCUT2D eigenvalue weighted by Gasteiger charge is -2.32. The van der Waals surface area contributed by atoms with Gasteiger partial charge in [0.1, 0.15) is 0 Å². The van der Waals surface area contributed by atoms with Crippen LogP contribution in [0.4, 0.5) is 11.4 Å². The summed E-state index contributed by atoms with van der Waals surface area (Å²) in [6.45, 7) is 7.09. The zero-order valence-electron chi connectivity index (χ0n) is 17.8. The van der Waals surface area contributed by atoms with Crippen molar-refractivity contribution in [2.24, 2.45) is 0 Å². The van der Waals surface area contributed by atoms with E-state index in [-0.39, 0.29) is 0 Å². The maximum atomic E-state index is 5.60. The molecule has 2 aromatic carbocycles. The summed E-state index contributed by atoms with van der Waals surface area (Å²) >= 11 is 0. The Kier molecular flexibility index (Phi) is 5.32. The molecule has 2 aromatic rings. The minimum Gasteiger partial charge on any atom is -0.371 e. The average Bonchev–Trinajstić information content (AvgIpc) is 3.62.